The predicted octanol–water partition coefficient (Wildman–Crippen LogP) is 4.17. The Morgan fingerprint density at radius 3 is 2.42 bits per heavy atom. The highest BCUT2D eigenvalue weighted by molar-refractivity contribution is 6.09. The van der Waals surface area contributed by atoms with Crippen molar-refractivity contribution in [2.75, 3.05) is 23.7 Å². The van der Waals surface area contributed by atoms with Crippen molar-refractivity contribution in [3.63, 3.8) is 0 Å². The minimum Gasteiger partial charge on any atom is -0.371 e. The fourth-order valence-corrected chi connectivity index (χ4v) is 3.97. The smallest absolute Gasteiger partial charge is 0.127 e. The second-order valence-electron chi connectivity index (χ2n) is 7.72. The first kappa shape index (κ1) is 17.1. The van der Waals surface area contributed by atoms with Crippen LogP contribution in [0.5, 0.6) is 0 Å². The van der Waals surface area contributed by atoms with Gasteiger partial charge >= 0.3 is 0 Å². The Bertz CT molecular complexity index is 847. The van der Waals surface area contributed by atoms with Crippen molar-refractivity contribution in [2.24, 2.45) is 4.99 Å². The van der Waals surface area contributed by atoms with E-state index >= 15 is 0 Å². The van der Waals surface area contributed by atoms with Gasteiger partial charge in [-0.05, 0) is 75.5 Å². The number of piperidine rings is 1. The van der Waals surface area contributed by atoms with E-state index in [9.17, 15) is 0 Å². The fourth-order valence-electron chi connectivity index (χ4n) is 3.97. The lowest BCUT2D eigenvalue weighted by molar-refractivity contribution is 0.419. The number of aryl methyl sites for hydroxylation is 3. The second kappa shape index (κ2) is 6.76. The van der Waals surface area contributed by atoms with Gasteiger partial charge in [-0.1, -0.05) is 29.8 Å². The zero-order chi connectivity index (χ0) is 18.1. The highest BCUT2D eigenvalue weighted by atomic mass is 15.2. The lowest BCUT2D eigenvalue weighted by Crippen LogP contribution is -2.57. The SMILES string of the molecule is Cc1cccc(CN=C2Nc3cc(C)c(C)cc3NC23CCNCC3)c1. The number of amidine groups is 1. The molecule has 0 radical (unpaired) electrons. The standard InChI is InChI=1S/C22H28N4/c1-15-5-4-6-18(11-15)14-24-21-22(7-9-23-10-8-22)26-20-13-17(3)16(2)12-19(20)25-21/h4-6,11-13,23,26H,7-10,14H2,1-3H3,(H,24,25). The van der Waals surface area contributed by atoms with Crippen LogP contribution in [0, 0.1) is 20.8 Å². The Labute approximate surface area is 156 Å². The van der Waals surface area contributed by atoms with Crippen molar-refractivity contribution in [3.05, 3.63) is 58.7 Å². The summed E-state index contributed by atoms with van der Waals surface area (Å²) in [6.07, 6.45) is 2.08. The molecule has 4 rings (SSSR count). The molecule has 0 aliphatic carbocycles. The molecule has 2 aliphatic heterocycles. The number of benzene rings is 2. The Balaban J connectivity index is 1.70. The fraction of sp³-hybridized carbons (Fsp3) is 0.409. The Kier molecular flexibility index (Phi) is 4.45. The van der Waals surface area contributed by atoms with Crippen molar-refractivity contribution in [2.45, 2.75) is 45.7 Å². The van der Waals surface area contributed by atoms with Crippen LogP contribution in [-0.4, -0.2) is 24.5 Å². The molecule has 0 atom stereocenters. The molecule has 26 heavy (non-hydrogen) atoms. The third kappa shape index (κ3) is 3.21. The van der Waals surface area contributed by atoms with Gasteiger partial charge in [-0.25, -0.2) is 0 Å². The number of hydrogen-bond acceptors (Lipinski definition) is 3. The Morgan fingerprint density at radius 1 is 0.962 bits per heavy atom. The average Bonchev–Trinajstić information content (AvgIpc) is 2.62. The minimum atomic E-state index is -0.0935. The van der Waals surface area contributed by atoms with Gasteiger partial charge in [0.25, 0.3) is 0 Å². The maximum Gasteiger partial charge on any atom is 0.127 e. The van der Waals surface area contributed by atoms with Crippen LogP contribution in [-0.2, 0) is 6.54 Å². The molecule has 136 valence electrons. The number of nitrogens with zero attached hydrogens (tertiary/aromatic N) is 1. The van der Waals surface area contributed by atoms with Crippen LogP contribution in [0.2, 0.25) is 0 Å². The van der Waals surface area contributed by atoms with Crippen molar-refractivity contribution < 1.29 is 0 Å². The molecule has 2 heterocycles. The zero-order valence-electron chi connectivity index (χ0n) is 15.9. The molecule has 1 spiro atoms. The first-order chi connectivity index (χ1) is 12.6. The van der Waals surface area contributed by atoms with E-state index in [0.717, 1.165) is 37.5 Å². The van der Waals surface area contributed by atoms with Crippen LogP contribution < -0.4 is 16.0 Å². The first-order valence-corrected chi connectivity index (χ1v) is 9.53. The van der Waals surface area contributed by atoms with Gasteiger partial charge < -0.3 is 16.0 Å². The van der Waals surface area contributed by atoms with Crippen molar-refractivity contribution in [3.8, 4) is 0 Å². The van der Waals surface area contributed by atoms with Gasteiger partial charge in [0, 0.05) is 0 Å². The van der Waals surface area contributed by atoms with Crippen LogP contribution in [0.1, 0.15) is 35.1 Å². The molecule has 2 aromatic rings. The molecule has 2 aromatic carbocycles. The Morgan fingerprint density at radius 2 is 1.69 bits per heavy atom. The molecule has 0 bridgehead atoms. The van der Waals surface area contributed by atoms with Crippen LogP contribution in [0.3, 0.4) is 0 Å². The number of anilines is 2. The molecule has 2 aliphatic rings. The van der Waals surface area contributed by atoms with Gasteiger partial charge in [0.2, 0.25) is 0 Å². The number of hydrogen-bond donors (Lipinski definition) is 3. The summed E-state index contributed by atoms with van der Waals surface area (Å²) in [7, 11) is 0. The van der Waals surface area contributed by atoms with Crippen molar-refractivity contribution in [1.82, 2.24) is 5.32 Å². The first-order valence-electron chi connectivity index (χ1n) is 9.53. The maximum absolute atomic E-state index is 5.04. The summed E-state index contributed by atoms with van der Waals surface area (Å²) in [4.78, 5) is 5.04. The Hall–Kier alpha value is -2.33. The summed E-state index contributed by atoms with van der Waals surface area (Å²) in [5.41, 5.74) is 7.41. The molecule has 0 amide bonds. The summed E-state index contributed by atoms with van der Waals surface area (Å²) in [6, 6.07) is 13.1. The summed E-state index contributed by atoms with van der Waals surface area (Å²) in [6.45, 7) is 9.20. The van der Waals surface area contributed by atoms with Crippen LogP contribution in [0.15, 0.2) is 41.4 Å². The number of aliphatic imine (C=N–C) groups is 1. The maximum atomic E-state index is 5.04. The van der Waals surface area contributed by atoms with Crippen molar-refractivity contribution in [1.29, 1.82) is 0 Å². The monoisotopic (exact) mass is 348 g/mol. The van der Waals surface area contributed by atoms with Gasteiger partial charge in [0.1, 0.15) is 5.84 Å². The number of nitrogens with one attached hydrogen (secondary N) is 3. The lowest BCUT2D eigenvalue weighted by Gasteiger charge is -2.44. The molecule has 1 fully saturated rings. The van der Waals surface area contributed by atoms with E-state index in [1.807, 2.05) is 0 Å². The van der Waals surface area contributed by atoms with Crippen LogP contribution in [0.25, 0.3) is 0 Å². The van der Waals surface area contributed by atoms with E-state index in [1.54, 1.807) is 0 Å². The number of fused-ring (bicyclic) bond motifs is 1. The normalized spacial score (nSPS) is 19.7. The summed E-state index contributed by atoms with van der Waals surface area (Å²) in [5.74, 6) is 1.08. The van der Waals surface area contributed by atoms with E-state index in [1.165, 1.54) is 27.9 Å². The summed E-state index contributed by atoms with van der Waals surface area (Å²) < 4.78 is 0. The molecule has 3 N–H and O–H groups in total. The van der Waals surface area contributed by atoms with Crippen LogP contribution >= 0.6 is 0 Å². The molecule has 1 saturated heterocycles. The third-order valence-electron chi connectivity index (χ3n) is 5.67. The highest BCUT2D eigenvalue weighted by Gasteiger charge is 2.41. The summed E-state index contributed by atoms with van der Waals surface area (Å²) >= 11 is 0. The van der Waals surface area contributed by atoms with Gasteiger partial charge in [-0.2, -0.15) is 0 Å². The second-order valence-corrected chi connectivity index (χ2v) is 7.72. The quantitative estimate of drug-likeness (QED) is 0.763. The van der Waals surface area contributed by atoms with E-state index in [-0.39, 0.29) is 5.54 Å². The average molecular weight is 348 g/mol. The van der Waals surface area contributed by atoms with Gasteiger partial charge in [0.15, 0.2) is 0 Å². The molecule has 4 nitrogen and oxygen atoms in total. The van der Waals surface area contributed by atoms with Crippen LogP contribution in [0.4, 0.5) is 11.4 Å². The lowest BCUT2D eigenvalue weighted by atomic mass is 9.84. The van der Waals surface area contributed by atoms with E-state index in [2.05, 4.69) is 73.1 Å². The highest BCUT2D eigenvalue weighted by Crippen LogP contribution is 2.37. The van der Waals surface area contributed by atoms with Gasteiger partial charge in [0.05, 0.1) is 23.5 Å². The van der Waals surface area contributed by atoms with E-state index in [4.69, 9.17) is 4.99 Å². The van der Waals surface area contributed by atoms with Gasteiger partial charge in [-0.3, -0.25) is 4.99 Å². The van der Waals surface area contributed by atoms with E-state index < -0.39 is 0 Å². The molecular formula is C22H28N4. The topological polar surface area (TPSA) is 48.5 Å². The summed E-state index contributed by atoms with van der Waals surface area (Å²) in [5, 5.41) is 11.0. The molecule has 0 unspecified atom stereocenters. The molecule has 0 saturated carbocycles. The molecule has 4 heteroatoms. The van der Waals surface area contributed by atoms with E-state index in [0.29, 0.717) is 6.54 Å². The zero-order valence-corrected chi connectivity index (χ0v) is 15.9. The third-order valence-corrected chi connectivity index (χ3v) is 5.67. The molecular weight excluding hydrogens is 320 g/mol. The van der Waals surface area contributed by atoms with Crippen molar-refractivity contribution >= 4 is 17.2 Å². The molecule has 0 aromatic heterocycles. The predicted molar refractivity (Wildman–Crippen MR) is 110 cm³/mol. The van der Waals surface area contributed by atoms with Gasteiger partial charge in [-0.15, -0.1) is 0 Å². The largest absolute Gasteiger partial charge is 0.371 e. The minimum absolute atomic E-state index is 0.0935. The number of rotatable bonds is 2.